The van der Waals surface area contributed by atoms with Crippen LogP contribution in [-0.2, 0) is 19.6 Å². The molecule has 0 aromatic heterocycles. The van der Waals surface area contributed by atoms with Crippen LogP contribution in [0.3, 0.4) is 0 Å². The molecule has 1 fully saturated rings. The van der Waals surface area contributed by atoms with Gasteiger partial charge in [0, 0.05) is 18.1 Å². The second-order valence-electron chi connectivity index (χ2n) is 5.41. The lowest BCUT2D eigenvalue weighted by Crippen LogP contribution is -2.40. The van der Waals surface area contributed by atoms with Gasteiger partial charge in [-0.3, -0.25) is 4.79 Å². The summed E-state index contributed by atoms with van der Waals surface area (Å²) < 4.78 is 31.5. The molecule has 24 heavy (non-hydrogen) atoms. The number of rotatable bonds is 5. The van der Waals surface area contributed by atoms with Crippen molar-refractivity contribution in [3.8, 4) is 0 Å². The number of benzene rings is 1. The Bertz CT molecular complexity index is 740. The number of carboxylic acids is 1. The van der Waals surface area contributed by atoms with Crippen molar-refractivity contribution in [1.29, 1.82) is 0 Å². The molecule has 1 aromatic rings. The average molecular weight is 376 g/mol. The zero-order valence-electron chi connectivity index (χ0n) is 13.1. The highest BCUT2D eigenvalue weighted by Gasteiger charge is 2.32. The van der Waals surface area contributed by atoms with Crippen molar-refractivity contribution in [2.45, 2.75) is 24.7 Å². The summed E-state index contributed by atoms with van der Waals surface area (Å²) >= 11 is 5.94. The van der Waals surface area contributed by atoms with Crippen LogP contribution in [0.25, 0.3) is 0 Å². The minimum atomic E-state index is -3.86. The Kier molecular flexibility index (Phi) is 5.84. The maximum atomic E-state index is 12.7. The molecule has 7 nitrogen and oxygen atoms in total. The van der Waals surface area contributed by atoms with E-state index in [1.54, 1.807) is 6.92 Å². The number of carbonyl (C=O) groups is 2. The number of hydrogen-bond donors (Lipinski definition) is 1. The number of carbonyl (C=O) groups excluding carboxylic acids is 1. The van der Waals surface area contributed by atoms with E-state index in [9.17, 15) is 18.0 Å². The van der Waals surface area contributed by atoms with Crippen molar-refractivity contribution in [1.82, 2.24) is 4.31 Å². The first-order valence-electron chi connectivity index (χ1n) is 7.46. The average Bonchev–Trinajstić information content (AvgIpc) is 2.54. The zero-order chi connectivity index (χ0) is 17.9. The van der Waals surface area contributed by atoms with E-state index < -0.39 is 27.9 Å². The molecular weight excluding hydrogens is 358 g/mol. The third-order valence-corrected chi connectivity index (χ3v) is 5.92. The Balaban J connectivity index is 2.26. The van der Waals surface area contributed by atoms with Crippen LogP contribution in [-0.4, -0.2) is 49.5 Å². The lowest BCUT2D eigenvalue weighted by Gasteiger charge is -2.29. The molecule has 0 amide bonds. The quantitative estimate of drug-likeness (QED) is 0.790. The highest BCUT2D eigenvalue weighted by atomic mass is 35.5. The van der Waals surface area contributed by atoms with E-state index >= 15 is 0 Å². The molecule has 0 aliphatic carbocycles. The zero-order valence-corrected chi connectivity index (χ0v) is 14.6. The van der Waals surface area contributed by atoms with Gasteiger partial charge in [0.2, 0.25) is 10.0 Å². The van der Waals surface area contributed by atoms with Gasteiger partial charge in [0.05, 0.1) is 23.0 Å². The third kappa shape index (κ3) is 4.06. The van der Waals surface area contributed by atoms with Crippen LogP contribution >= 0.6 is 11.6 Å². The van der Waals surface area contributed by atoms with Crippen LogP contribution in [0.5, 0.6) is 0 Å². The second kappa shape index (κ2) is 7.50. The Labute approximate surface area is 145 Å². The number of halogens is 1. The normalized spacial score (nSPS) is 16.8. The molecule has 2 rings (SSSR count). The summed E-state index contributed by atoms with van der Waals surface area (Å²) in [5.74, 6) is -2.11. The van der Waals surface area contributed by atoms with E-state index in [0.29, 0.717) is 0 Å². The summed E-state index contributed by atoms with van der Waals surface area (Å²) in [6, 6.07) is 3.83. The number of nitrogens with zero attached hydrogens (tertiary/aromatic N) is 1. The van der Waals surface area contributed by atoms with Gasteiger partial charge in [0.15, 0.2) is 0 Å². The Morgan fingerprint density at radius 3 is 2.46 bits per heavy atom. The Morgan fingerprint density at radius 2 is 1.92 bits per heavy atom. The molecule has 1 N–H and O–H groups in total. The summed E-state index contributed by atoms with van der Waals surface area (Å²) in [5.41, 5.74) is 0.0587. The van der Waals surface area contributed by atoms with Gasteiger partial charge in [-0.15, -0.1) is 0 Å². The van der Waals surface area contributed by atoms with Crippen LogP contribution in [0.2, 0.25) is 5.02 Å². The summed E-state index contributed by atoms with van der Waals surface area (Å²) in [6.45, 7) is 2.03. The molecule has 0 bridgehead atoms. The van der Waals surface area contributed by atoms with Crippen LogP contribution in [0.4, 0.5) is 0 Å². The van der Waals surface area contributed by atoms with Gasteiger partial charge in [-0.1, -0.05) is 11.6 Å². The first-order chi connectivity index (χ1) is 11.3. The molecule has 1 aliphatic heterocycles. The lowest BCUT2D eigenvalue weighted by atomic mass is 9.99. The number of piperidine rings is 1. The molecule has 0 spiro atoms. The highest BCUT2D eigenvalue weighted by Crippen LogP contribution is 2.27. The number of ether oxygens (including phenoxy) is 1. The Hall–Kier alpha value is -1.64. The van der Waals surface area contributed by atoms with Crippen LogP contribution < -0.4 is 0 Å². The van der Waals surface area contributed by atoms with Gasteiger partial charge in [0.1, 0.15) is 0 Å². The lowest BCUT2D eigenvalue weighted by molar-refractivity contribution is -0.142. The van der Waals surface area contributed by atoms with E-state index in [4.69, 9.17) is 21.4 Å². The Morgan fingerprint density at radius 1 is 1.29 bits per heavy atom. The van der Waals surface area contributed by atoms with E-state index in [-0.39, 0.29) is 48.0 Å². The molecule has 0 atom stereocenters. The van der Waals surface area contributed by atoms with Gasteiger partial charge < -0.3 is 9.84 Å². The molecule has 1 aromatic carbocycles. The van der Waals surface area contributed by atoms with Gasteiger partial charge in [-0.2, -0.15) is 4.31 Å². The van der Waals surface area contributed by atoms with Gasteiger partial charge in [-0.05, 0) is 38.0 Å². The van der Waals surface area contributed by atoms with E-state index in [0.717, 1.165) is 0 Å². The molecule has 132 valence electrons. The van der Waals surface area contributed by atoms with Crippen molar-refractivity contribution >= 4 is 33.6 Å². The summed E-state index contributed by atoms with van der Waals surface area (Å²) in [7, 11) is -3.86. The van der Waals surface area contributed by atoms with Crippen molar-refractivity contribution in [3.63, 3.8) is 0 Å². The number of carboxylic acid groups (broad SMARTS) is 1. The second-order valence-corrected chi connectivity index (χ2v) is 7.79. The van der Waals surface area contributed by atoms with E-state index in [2.05, 4.69) is 0 Å². The van der Waals surface area contributed by atoms with Crippen LogP contribution in [0, 0.1) is 5.92 Å². The molecule has 1 saturated heterocycles. The molecule has 1 aliphatic rings. The number of aliphatic carboxylic acids is 1. The fourth-order valence-corrected chi connectivity index (χ4v) is 4.38. The third-order valence-electron chi connectivity index (χ3n) is 3.82. The maximum absolute atomic E-state index is 12.7. The van der Waals surface area contributed by atoms with Crippen LogP contribution in [0.15, 0.2) is 23.1 Å². The summed E-state index contributed by atoms with van der Waals surface area (Å²) in [6.07, 6.45) is 0.500. The van der Waals surface area contributed by atoms with Crippen molar-refractivity contribution in [3.05, 3.63) is 28.8 Å². The number of sulfonamides is 1. The molecule has 9 heteroatoms. The fourth-order valence-electron chi connectivity index (χ4n) is 2.54. The summed E-state index contributed by atoms with van der Waals surface area (Å²) in [4.78, 5) is 22.7. The smallest absolute Gasteiger partial charge is 0.338 e. The van der Waals surface area contributed by atoms with E-state index in [1.807, 2.05) is 0 Å². The first kappa shape index (κ1) is 18.7. The molecule has 0 saturated carbocycles. The van der Waals surface area contributed by atoms with Crippen molar-refractivity contribution in [2.75, 3.05) is 19.7 Å². The standard InChI is InChI=1S/C15H18ClNO6S/c1-2-23-15(20)11-7-12(16)9-13(8-11)24(21,22)17-5-3-10(4-6-17)14(18)19/h7-10H,2-6H2,1H3,(H,18,19). The van der Waals surface area contributed by atoms with Gasteiger partial charge in [-0.25, -0.2) is 13.2 Å². The molecule has 0 unspecified atom stereocenters. The minimum absolute atomic E-state index is 0.0587. The van der Waals surface area contributed by atoms with E-state index in [1.165, 1.54) is 22.5 Å². The highest BCUT2D eigenvalue weighted by molar-refractivity contribution is 7.89. The first-order valence-corrected chi connectivity index (χ1v) is 9.28. The van der Waals surface area contributed by atoms with Crippen LogP contribution in [0.1, 0.15) is 30.1 Å². The van der Waals surface area contributed by atoms with Crippen molar-refractivity contribution in [2.24, 2.45) is 5.92 Å². The predicted molar refractivity (Wildman–Crippen MR) is 86.5 cm³/mol. The van der Waals surface area contributed by atoms with Crippen molar-refractivity contribution < 1.29 is 27.9 Å². The fraction of sp³-hybridized carbons (Fsp3) is 0.467. The molecule has 1 heterocycles. The molecular formula is C15H18ClNO6S. The predicted octanol–water partition coefficient (Wildman–Crippen LogP) is 2.00. The van der Waals surface area contributed by atoms with Gasteiger partial charge >= 0.3 is 11.9 Å². The maximum Gasteiger partial charge on any atom is 0.338 e. The number of esters is 1. The minimum Gasteiger partial charge on any atom is -0.481 e. The summed E-state index contributed by atoms with van der Waals surface area (Å²) in [5, 5.41) is 9.10. The SMILES string of the molecule is CCOC(=O)c1cc(Cl)cc(S(=O)(=O)N2CCC(C(=O)O)CC2)c1. The number of hydrogen-bond acceptors (Lipinski definition) is 5. The molecule has 0 radical (unpaired) electrons. The largest absolute Gasteiger partial charge is 0.481 e. The monoisotopic (exact) mass is 375 g/mol. The topological polar surface area (TPSA) is 101 Å². The van der Waals surface area contributed by atoms with Gasteiger partial charge in [0.25, 0.3) is 0 Å².